The Balaban J connectivity index is 1.78. The van der Waals surface area contributed by atoms with Crippen molar-refractivity contribution in [3.8, 4) is 5.75 Å². The van der Waals surface area contributed by atoms with Gasteiger partial charge in [-0.05, 0) is 79.4 Å². The van der Waals surface area contributed by atoms with Crippen LogP contribution in [0.3, 0.4) is 0 Å². The van der Waals surface area contributed by atoms with Crippen molar-refractivity contribution in [3.05, 3.63) is 80.8 Å². The van der Waals surface area contributed by atoms with Crippen molar-refractivity contribution in [3.63, 3.8) is 0 Å². The van der Waals surface area contributed by atoms with Crippen molar-refractivity contribution in [1.82, 2.24) is 0 Å². The van der Waals surface area contributed by atoms with Crippen LogP contribution in [0.4, 0.5) is 11.4 Å². The third-order valence-electron chi connectivity index (χ3n) is 5.85. The van der Waals surface area contributed by atoms with Crippen LogP contribution >= 0.6 is 27.5 Å². The number of methoxy groups -OCH3 is 1. The van der Waals surface area contributed by atoms with E-state index in [4.69, 9.17) is 16.3 Å². The van der Waals surface area contributed by atoms with E-state index in [0.717, 1.165) is 31.2 Å². The summed E-state index contributed by atoms with van der Waals surface area (Å²) in [5, 5.41) is 0.415. The van der Waals surface area contributed by atoms with Crippen molar-refractivity contribution in [2.45, 2.75) is 25.2 Å². The van der Waals surface area contributed by atoms with E-state index in [1.165, 1.54) is 7.11 Å². The molecule has 1 aliphatic heterocycles. The van der Waals surface area contributed by atoms with Gasteiger partial charge >= 0.3 is 0 Å². The average molecular weight is 564 g/mol. The molecule has 0 saturated carbocycles. The molecular weight excluding hydrogens is 540 g/mol. The molecule has 1 aliphatic rings. The Morgan fingerprint density at radius 2 is 1.88 bits per heavy atom. The second-order valence-electron chi connectivity index (χ2n) is 8.17. The summed E-state index contributed by atoms with van der Waals surface area (Å²) < 4.78 is 35.2. The number of hydrogen-bond donors (Lipinski definition) is 0. The molecule has 9 heteroatoms. The highest BCUT2D eigenvalue weighted by atomic mass is 79.9. The lowest BCUT2D eigenvalue weighted by atomic mass is 10.2. The first-order valence-corrected chi connectivity index (χ1v) is 13.3. The van der Waals surface area contributed by atoms with Crippen LogP contribution in [-0.4, -0.2) is 34.5 Å². The van der Waals surface area contributed by atoms with Gasteiger partial charge in [-0.2, -0.15) is 0 Å². The number of benzene rings is 3. The monoisotopic (exact) mass is 562 g/mol. The highest BCUT2D eigenvalue weighted by molar-refractivity contribution is 9.10. The normalized spacial score (nSPS) is 13.0. The molecule has 3 aromatic rings. The van der Waals surface area contributed by atoms with E-state index in [1.54, 1.807) is 48.2 Å². The van der Waals surface area contributed by atoms with E-state index in [1.807, 2.05) is 25.1 Å². The van der Waals surface area contributed by atoms with Crippen molar-refractivity contribution in [2.75, 3.05) is 29.4 Å². The summed E-state index contributed by atoms with van der Waals surface area (Å²) in [7, 11) is -2.75. The molecule has 34 heavy (non-hydrogen) atoms. The highest BCUT2D eigenvalue weighted by Crippen LogP contribution is 2.34. The number of carbonyl (C=O) groups is 1. The van der Waals surface area contributed by atoms with Gasteiger partial charge in [0.05, 0.1) is 12.8 Å². The maximum atomic E-state index is 13.9. The Bertz CT molecular complexity index is 1380. The number of anilines is 2. The number of rotatable bonds is 6. The number of hydrogen-bond acceptors (Lipinski definition) is 4. The van der Waals surface area contributed by atoms with Gasteiger partial charge in [-0.1, -0.05) is 39.7 Å². The Hall–Kier alpha value is -2.55. The van der Waals surface area contributed by atoms with E-state index < -0.39 is 10.0 Å². The van der Waals surface area contributed by atoms with Crippen LogP contribution in [-0.2, 0) is 21.2 Å². The van der Waals surface area contributed by atoms with E-state index >= 15 is 0 Å². The molecule has 0 atom stereocenters. The summed E-state index contributed by atoms with van der Waals surface area (Å²) in [4.78, 5) is 15.1. The SMILES string of the molecule is COc1ccc(C)cc1S(=O)(=O)N(CC(=O)N1CCc2cc(Br)ccc21)c1ccc(C)c(Cl)c1. The summed E-state index contributed by atoms with van der Waals surface area (Å²) in [6, 6.07) is 15.6. The molecule has 0 radical (unpaired) electrons. The van der Waals surface area contributed by atoms with Gasteiger partial charge in [-0.25, -0.2) is 8.42 Å². The number of amides is 1. The van der Waals surface area contributed by atoms with E-state index in [0.29, 0.717) is 23.7 Å². The molecule has 0 N–H and O–H groups in total. The minimum Gasteiger partial charge on any atom is -0.495 e. The van der Waals surface area contributed by atoms with Crippen LogP contribution in [0.2, 0.25) is 5.02 Å². The van der Waals surface area contributed by atoms with Gasteiger partial charge in [0, 0.05) is 21.7 Å². The topological polar surface area (TPSA) is 66.9 Å². The van der Waals surface area contributed by atoms with Crippen LogP contribution in [0.1, 0.15) is 16.7 Å². The fraction of sp³-hybridized carbons (Fsp3) is 0.240. The molecule has 0 aromatic heterocycles. The summed E-state index contributed by atoms with van der Waals surface area (Å²) in [6.45, 7) is 3.74. The predicted molar refractivity (Wildman–Crippen MR) is 139 cm³/mol. The van der Waals surface area contributed by atoms with E-state index in [9.17, 15) is 13.2 Å². The first-order chi connectivity index (χ1) is 16.1. The minimum absolute atomic E-state index is 0.00903. The Labute approximate surface area is 213 Å². The molecule has 0 bridgehead atoms. The van der Waals surface area contributed by atoms with Gasteiger partial charge in [0.2, 0.25) is 5.91 Å². The standard InChI is InChI=1S/C25H24BrClN2O4S/c1-16-4-9-23(33-3)24(12-16)34(31,32)29(20-7-5-17(2)21(27)14-20)15-25(30)28-11-10-18-13-19(26)6-8-22(18)28/h4-9,12-14H,10-11,15H2,1-3H3. The molecule has 3 aromatic carbocycles. The van der Waals surface area contributed by atoms with Gasteiger partial charge in [-0.3, -0.25) is 9.10 Å². The maximum Gasteiger partial charge on any atom is 0.268 e. The number of aryl methyl sites for hydroxylation is 2. The van der Waals surface area contributed by atoms with Gasteiger partial charge in [0.1, 0.15) is 17.2 Å². The average Bonchev–Trinajstić information content (AvgIpc) is 3.22. The lowest BCUT2D eigenvalue weighted by molar-refractivity contribution is -0.117. The van der Waals surface area contributed by atoms with Crippen molar-refractivity contribution in [1.29, 1.82) is 0 Å². The van der Waals surface area contributed by atoms with E-state index in [2.05, 4.69) is 15.9 Å². The van der Waals surface area contributed by atoms with Gasteiger partial charge in [-0.15, -0.1) is 0 Å². The molecule has 0 saturated heterocycles. The number of fused-ring (bicyclic) bond motifs is 1. The zero-order chi connectivity index (χ0) is 24.6. The predicted octanol–water partition coefficient (Wildman–Crippen LogP) is 5.51. The highest BCUT2D eigenvalue weighted by Gasteiger charge is 2.33. The number of halogens is 2. The molecule has 0 aliphatic carbocycles. The Kier molecular flexibility index (Phi) is 6.94. The molecule has 0 spiro atoms. The van der Waals surface area contributed by atoms with Crippen LogP contribution in [0.5, 0.6) is 5.75 Å². The first kappa shape index (κ1) is 24.6. The van der Waals surface area contributed by atoms with Crippen molar-refractivity contribution < 1.29 is 17.9 Å². The van der Waals surface area contributed by atoms with Gasteiger partial charge in [0.15, 0.2) is 0 Å². The van der Waals surface area contributed by atoms with Crippen LogP contribution in [0.15, 0.2) is 64.0 Å². The van der Waals surface area contributed by atoms with Gasteiger partial charge < -0.3 is 9.64 Å². The minimum atomic E-state index is -4.16. The molecule has 0 fully saturated rings. The molecule has 178 valence electrons. The largest absolute Gasteiger partial charge is 0.495 e. The summed E-state index contributed by atoms with van der Waals surface area (Å²) in [5.41, 5.74) is 3.70. The summed E-state index contributed by atoms with van der Waals surface area (Å²) in [6.07, 6.45) is 0.704. The summed E-state index contributed by atoms with van der Waals surface area (Å²) in [5.74, 6) is -0.120. The Morgan fingerprint density at radius 1 is 1.12 bits per heavy atom. The molecule has 4 rings (SSSR count). The molecule has 0 unspecified atom stereocenters. The number of sulfonamides is 1. The molecule has 1 amide bonds. The lowest BCUT2D eigenvalue weighted by Crippen LogP contribution is -2.42. The second kappa shape index (κ2) is 9.60. The number of ether oxygens (including phenoxy) is 1. The smallest absolute Gasteiger partial charge is 0.268 e. The molecular formula is C25H24BrClN2O4S. The fourth-order valence-corrected chi connectivity index (χ4v) is 6.23. The van der Waals surface area contributed by atoms with Crippen molar-refractivity contribution in [2.24, 2.45) is 0 Å². The third kappa shape index (κ3) is 4.67. The van der Waals surface area contributed by atoms with Gasteiger partial charge in [0.25, 0.3) is 10.0 Å². The second-order valence-corrected chi connectivity index (χ2v) is 11.3. The molecule has 6 nitrogen and oxygen atoms in total. The van der Waals surface area contributed by atoms with E-state index in [-0.39, 0.29) is 23.1 Å². The number of nitrogens with zero attached hydrogens (tertiary/aromatic N) is 2. The van der Waals surface area contributed by atoms with Crippen LogP contribution in [0.25, 0.3) is 0 Å². The maximum absolute atomic E-state index is 13.9. The summed E-state index contributed by atoms with van der Waals surface area (Å²) >= 11 is 9.80. The van der Waals surface area contributed by atoms with Crippen molar-refractivity contribution >= 4 is 54.8 Å². The Morgan fingerprint density at radius 3 is 2.59 bits per heavy atom. The van der Waals surface area contributed by atoms with Crippen LogP contribution < -0.4 is 13.9 Å². The lowest BCUT2D eigenvalue weighted by Gasteiger charge is -2.28. The third-order valence-corrected chi connectivity index (χ3v) is 8.54. The quantitative estimate of drug-likeness (QED) is 0.397. The molecule has 1 heterocycles. The van der Waals surface area contributed by atoms with Crippen LogP contribution in [0, 0.1) is 13.8 Å². The first-order valence-electron chi connectivity index (χ1n) is 10.6. The zero-order valence-corrected chi connectivity index (χ0v) is 22.2. The number of carbonyl (C=O) groups excluding carboxylic acids is 1. The fourth-order valence-electron chi connectivity index (χ4n) is 3.99. The zero-order valence-electron chi connectivity index (χ0n) is 19.0.